The monoisotopic (exact) mass is 120 g/mol. The first-order chi connectivity index (χ1) is 3.68. The SMILES string of the molecule is CC(CO)(CO)NN. The van der Waals surface area contributed by atoms with Gasteiger partial charge in [-0.05, 0) is 6.92 Å². The molecule has 4 nitrogen and oxygen atoms in total. The Bertz CT molecular complexity index is 54.8. The molecule has 8 heavy (non-hydrogen) atoms. The highest BCUT2D eigenvalue weighted by Gasteiger charge is 2.18. The normalized spacial score (nSPS) is 12.0. The molecule has 0 aliphatic carbocycles. The van der Waals surface area contributed by atoms with Crippen LogP contribution in [0.15, 0.2) is 0 Å². The number of hydrogen-bond acceptors (Lipinski definition) is 4. The highest BCUT2D eigenvalue weighted by molar-refractivity contribution is 4.77. The number of hydrazine groups is 1. The maximum atomic E-state index is 8.48. The summed E-state index contributed by atoms with van der Waals surface area (Å²) in [6.45, 7) is 1.28. The number of hydrogen-bond donors (Lipinski definition) is 4. The number of rotatable bonds is 3. The van der Waals surface area contributed by atoms with Gasteiger partial charge in [0.15, 0.2) is 0 Å². The summed E-state index contributed by atoms with van der Waals surface area (Å²) in [6, 6.07) is 0. The second-order valence-electron chi connectivity index (χ2n) is 2.02. The van der Waals surface area contributed by atoms with E-state index in [4.69, 9.17) is 16.1 Å². The first-order valence-electron chi connectivity index (χ1n) is 2.38. The van der Waals surface area contributed by atoms with Crippen molar-refractivity contribution in [1.82, 2.24) is 5.43 Å². The quantitative estimate of drug-likeness (QED) is 0.261. The summed E-state index contributed by atoms with van der Waals surface area (Å²) < 4.78 is 0. The Hall–Kier alpha value is -0.160. The Morgan fingerprint density at radius 3 is 1.88 bits per heavy atom. The van der Waals surface area contributed by atoms with Crippen LogP contribution < -0.4 is 11.3 Å². The van der Waals surface area contributed by atoms with Gasteiger partial charge in [0.25, 0.3) is 0 Å². The highest BCUT2D eigenvalue weighted by Crippen LogP contribution is 1.95. The van der Waals surface area contributed by atoms with Gasteiger partial charge in [-0.1, -0.05) is 0 Å². The van der Waals surface area contributed by atoms with Crippen LogP contribution in [0.4, 0.5) is 0 Å². The van der Waals surface area contributed by atoms with Crippen LogP contribution in [0.2, 0.25) is 0 Å². The lowest BCUT2D eigenvalue weighted by molar-refractivity contribution is 0.105. The van der Waals surface area contributed by atoms with Crippen molar-refractivity contribution < 1.29 is 10.2 Å². The third kappa shape index (κ3) is 1.75. The summed E-state index contributed by atoms with van der Waals surface area (Å²) in [5.74, 6) is 4.96. The molecule has 0 saturated carbocycles. The average Bonchev–Trinajstić information content (AvgIpc) is 1.87. The fourth-order valence-corrected chi connectivity index (χ4v) is 0.141. The van der Waals surface area contributed by atoms with E-state index in [0.717, 1.165) is 0 Å². The molecular formula is C4H12N2O2. The molecule has 0 bridgehead atoms. The lowest BCUT2D eigenvalue weighted by Crippen LogP contribution is -2.52. The summed E-state index contributed by atoms with van der Waals surface area (Å²) in [7, 11) is 0. The molecule has 0 rings (SSSR count). The number of nitrogens with one attached hydrogen (secondary N) is 1. The summed E-state index contributed by atoms with van der Waals surface area (Å²) in [5.41, 5.74) is 1.54. The van der Waals surface area contributed by atoms with E-state index < -0.39 is 5.54 Å². The van der Waals surface area contributed by atoms with Crippen molar-refractivity contribution >= 4 is 0 Å². The van der Waals surface area contributed by atoms with Crippen LogP contribution in [0.1, 0.15) is 6.92 Å². The third-order valence-electron chi connectivity index (χ3n) is 1.05. The number of aliphatic hydroxyl groups excluding tert-OH is 2. The summed E-state index contributed by atoms with van der Waals surface area (Å²) in [6.07, 6.45) is 0. The van der Waals surface area contributed by atoms with Crippen molar-refractivity contribution in [2.75, 3.05) is 13.2 Å². The minimum Gasteiger partial charge on any atom is -0.394 e. The fraction of sp³-hybridized carbons (Fsp3) is 1.00. The maximum Gasteiger partial charge on any atom is 0.0753 e. The molecule has 0 aromatic rings. The van der Waals surface area contributed by atoms with E-state index in [-0.39, 0.29) is 13.2 Å². The Morgan fingerprint density at radius 1 is 1.50 bits per heavy atom. The van der Waals surface area contributed by atoms with Gasteiger partial charge in [0.05, 0.1) is 18.8 Å². The van der Waals surface area contributed by atoms with Crippen molar-refractivity contribution in [3.63, 3.8) is 0 Å². The zero-order valence-electron chi connectivity index (χ0n) is 4.89. The van der Waals surface area contributed by atoms with Crippen LogP contribution >= 0.6 is 0 Å². The van der Waals surface area contributed by atoms with E-state index in [1.165, 1.54) is 0 Å². The number of nitrogens with two attached hydrogens (primary N) is 1. The third-order valence-corrected chi connectivity index (χ3v) is 1.05. The van der Waals surface area contributed by atoms with Gasteiger partial charge >= 0.3 is 0 Å². The Morgan fingerprint density at radius 2 is 1.88 bits per heavy atom. The van der Waals surface area contributed by atoms with Crippen LogP contribution in [-0.4, -0.2) is 29.0 Å². The molecule has 5 N–H and O–H groups in total. The lowest BCUT2D eigenvalue weighted by Gasteiger charge is -2.22. The maximum absolute atomic E-state index is 8.48. The summed E-state index contributed by atoms with van der Waals surface area (Å²) >= 11 is 0. The fourth-order valence-electron chi connectivity index (χ4n) is 0.141. The van der Waals surface area contributed by atoms with E-state index in [0.29, 0.717) is 0 Å². The molecule has 0 aromatic heterocycles. The first kappa shape index (κ1) is 7.84. The molecule has 0 heterocycles. The van der Waals surface area contributed by atoms with Gasteiger partial charge in [0.1, 0.15) is 0 Å². The summed E-state index contributed by atoms with van der Waals surface area (Å²) in [5, 5.41) is 17.0. The standard InChI is InChI=1S/C4H12N2O2/c1-4(2-7,3-8)6-5/h6-8H,2-3,5H2,1H3. The molecule has 0 atom stereocenters. The van der Waals surface area contributed by atoms with Crippen molar-refractivity contribution in [2.24, 2.45) is 5.84 Å². The van der Waals surface area contributed by atoms with Crippen molar-refractivity contribution in [1.29, 1.82) is 0 Å². The zero-order chi connectivity index (χ0) is 6.62. The van der Waals surface area contributed by atoms with Crippen LogP contribution in [-0.2, 0) is 0 Å². The molecule has 4 heteroatoms. The molecular weight excluding hydrogens is 108 g/mol. The molecule has 0 saturated heterocycles. The molecule has 0 aliphatic rings. The van der Waals surface area contributed by atoms with Crippen LogP contribution in [0.25, 0.3) is 0 Å². The molecule has 0 radical (unpaired) electrons. The van der Waals surface area contributed by atoms with Gasteiger partial charge < -0.3 is 10.2 Å². The minimum atomic E-state index is -0.736. The van der Waals surface area contributed by atoms with E-state index in [1.807, 2.05) is 0 Å². The van der Waals surface area contributed by atoms with Crippen molar-refractivity contribution in [3.05, 3.63) is 0 Å². The molecule has 0 fully saturated rings. The van der Waals surface area contributed by atoms with Gasteiger partial charge in [0, 0.05) is 0 Å². The Kier molecular flexibility index (Phi) is 2.93. The minimum absolute atomic E-state index is 0.167. The summed E-state index contributed by atoms with van der Waals surface area (Å²) in [4.78, 5) is 0. The van der Waals surface area contributed by atoms with Crippen LogP contribution in [0.5, 0.6) is 0 Å². The smallest absolute Gasteiger partial charge is 0.0753 e. The van der Waals surface area contributed by atoms with Gasteiger partial charge in [0.2, 0.25) is 0 Å². The van der Waals surface area contributed by atoms with Gasteiger partial charge in [-0.15, -0.1) is 0 Å². The molecule has 0 unspecified atom stereocenters. The van der Waals surface area contributed by atoms with E-state index >= 15 is 0 Å². The van der Waals surface area contributed by atoms with E-state index in [9.17, 15) is 0 Å². The van der Waals surface area contributed by atoms with Crippen LogP contribution in [0.3, 0.4) is 0 Å². The van der Waals surface area contributed by atoms with Gasteiger partial charge in [-0.2, -0.15) is 0 Å². The largest absolute Gasteiger partial charge is 0.394 e. The van der Waals surface area contributed by atoms with Gasteiger partial charge in [-0.25, -0.2) is 5.43 Å². The molecule has 0 aromatic carbocycles. The van der Waals surface area contributed by atoms with Crippen molar-refractivity contribution in [2.45, 2.75) is 12.5 Å². The number of aliphatic hydroxyl groups is 2. The predicted molar refractivity (Wildman–Crippen MR) is 29.9 cm³/mol. The molecule has 0 spiro atoms. The Labute approximate surface area is 48.3 Å². The lowest BCUT2D eigenvalue weighted by atomic mass is 10.1. The average molecular weight is 120 g/mol. The zero-order valence-corrected chi connectivity index (χ0v) is 4.89. The second kappa shape index (κ2) is 2.99. The predicted octanol–water partition coefficient (Wildman–Crippen LogP) is -1.81. The van der Waals surface area contributed by atoms with Gasteiger partial charge in [-0.3, -0.25) is 5.84 Å². The first-order valence-corrected chi connectivity index (χ1v) is 2.38. The second-order valence-corrected chi connectivity index (χ2v) is 2.02. The Balaban J connectivity index is 3.58. The van der Waals surface area contributed by atoms with Crippen LogP contribution in [0, 0.1) is 0 Å². The molecule has 0 aliphatic heterocycles. The van der Waals surface area contributed by atoms with E-state index in [1.54, 1.807) is 6.92 Å². The van der Waals surface area contributed by atoms with E-state index in [2.05, 4.69) is 5.43 Å². The molecule has 0 amide bonds. The highest BCUT2D eigenvalue weighted by atomic mass is 16.3. The molecule has 50 valence electrons. The topological polar surface area (TPSA) is 78.5 Å². The van der Waals surface area contributed by atoms with Crippen molar-refractivity contribution in [3.8, 4) is 0 Å².